The molecule has 1 aliphatic carbocycles. The zero-order valence-electron chi connectivity index (χ0n) is 16.7. The van der Waals surface area contributed by atoms with Crippen molar-refractivity contribution in [1.29, 1.82) is 0 Å². The molecule has 1 aromatic rings. The van der Waals surface area contributed by atoms with E-state index in [0.29, 0.717) is 43.7 Å². The molecule has 0 radical (unpaired) electrons. The minimum Gasteiger partial charge on any atom is -0.486 e. The van der Waals surface area contributed by atoms with Crippen molar-refractivity contribution in [2.45, 2.75) is 50.7 Å². The first-order valence-electron chi connectivity index (χ1n) is 10.7. The number of fused-ring (bicyclic) bond motifs is 4. The van der Waals surface area contributed by atoms with Crippen LogP contribution in [0.25, 0.3) is 0 Å². The van der Waals surface area contributed by atoms with Crippen LogP contribution < -0.4 is 20.2 Å². The van der Waals surface area contributed by atoms with Crippen LogP contribution in [-0.4, -0.2) is 66.2 Å². The van der Waals surface area contributed by atoms with E-state index in [1.165, 1.54) is 0 Å². The summed E-state index contributed by atoms with van der Waals surface area (Å²) in [5, 5.41) is 5.22. The molecule has 29 heavy (non-hydrogen) atoms. The normalized spacial score (nSPS) is 31.2. The number of hydrogen-bond donors (Lipinski definition) is 2. The van der Waals surface area contributed by atoms with E-state index in [1.807, 2.05) is 30.0 Å². The van der Waals surface area contributed by atoms with Gasteiger partial charge in [-0.05, 0) is 44.7 Å². The first-order valence-corrected chi connectivity index (χ1v) is 10.7. The average Bonchev–Trinajstić information content (AvgIpc) is 3.24. The Labute approximate surface area is 170 Å². The van der Waals surface area contributed by atoms with Gasteiger partial charge in [0.1, 0.15) is 19.3 Å². The van der Waals surface area contributed by atoms with Crippen LogP contribution in [0.5, 0.6) is 11.5 Å². The van der Waals surface area contributed by atoms with Crippen LogP contribution in [0.1, 0.15) is 32.6 Å². The summed E-state index contributed by atoms with van der Waals surface area (Å²) < 4.78 is 11.2. The molecule has 3 aliphatic heterocycles. The third-order valence-electron chi connectivity index (χ3n) is 6.68. The Morgan fingerprint density at radius 3 is 2.83 bits per heavy atom. The van der Waals surface area contributed by atoms with Crippen molar-refractivity contribution in [1.82, 2.24) is 15.3 Å². The zero-order valence-corrected chi connectivity index (χ0v) is 16.7. The van der Waals surface area contributed by atoms with E-state index in [0.717, 1.165) is 31.5 Å². The Bertz CT molecular complexity index is 816. The highest BCUT2D eigenvalue weighted by Gasteiger charge is 2.51. The lowest BCUT2D eigenvalue weighted by atomic mass is 9.78. The van der Waals surface area contributed by atoms with Crippen molar-refractivity contribution in [3.05, 3.63) is 18.2 Å². The van der Waals surface area contributed by atoms with Crippen LogP contribution in [0.2, 0.25) is 0 Å². The van der Waals surface area contributed by atoms with E-state index in [1.54, 1.807) is 0 Å². The molecule has 2 N–H and O–H groups in total. The highest BCUT2D eigenvalue weighted by Crippen LogP contribution is 2.38. The Morgan fingerprint density at radius 2 is 2.00 bits per heavy atom. The molecule has 4 unspecified atom stereocenters. The van der Waals surface area contributed by atoms with Crippen molar-refractivity contribution in [3.8, 4) is 11.5 Å². The number of hydrogen-bond acceptors (Lipinski definition) is 6. The Hall–Kier alpha value is -2.32. The third-order valence-corrected chi connectivity index (χ3v) is 6.68. The van der Waals surface area contributed by atoms with Crippen molar-refractivity contribution in [2.75, 3.05) is 31.6 Å². The summed E-state index contributed by atoms with van der Waals surface area (Å²) in [6, 6.07) is 5.83. The molecule has 0 bridgehead atoms. The molecule has 2 saturated heterocycles. The summed E-state index contributed by atoms with van der Waals surface area (Å²) in [6.45, 7) is 4.64. The Kier molecular flexibility index (Phi) is 4.83. The van der Waals surface area contributed by atoms with Crippen LogP contribution in [0.15, 0.2) is 18.2 Å². The fraction of sp³-hybridized carbons (Fsp3) is 0.619. The molecule has 5 rings (SSSR count). The van der Waals surface area contributed by atoms with Gasteiger partial charge in [-0.3, -0.25) is 15.0 Å². The minimum atomic E-state index is -0.106. The van der Waals surface area contributed by atoms with Crippen LogP contribution in [0.3, 0.4) is 0 Å². The summed E-state index contributed by atoms with van der Waals surface area (Å²) in [4.78, 5) is 27.9. The average molecular weight is 400 g/mol. The quantitative estimate of drug-likeness (QED) is 0.798. The summed E-state index contributed by atoms with van der Waals surface area (Å²) in [7, 11) is 0. The van der Waals surface area contributed by atoms with E-state index >= 15 is 0 Å². The molecule has 4 aliphatic rings. The Morgan fingerprint density at radius 1 is 1.17 bits per heavy atom. The first-order chi connectivity index (χ1) is 14.2. The minimum absolute atomic E-state index is 0.0140. The van der Waals surface area contributed by atoms with Gasteiger partial charge in [0.15, 0.2) is 11.5 Å². The maximum absolute atomic E-state index is 13.0. The molecule has 0 aromatic heterocycles. The molecule has 8 heteroatoms. The number of benzene rings is 1. The second-order valence-electron chi connectivity index (χ2n) is 8.24. The van der Waals surface area contributed by atoms with E-state index in [9.17, 15) is 9.59 Å². The monoisotopic (exact) mass is 400 g/mol. The summed E-state index contributed by atoms with van der Waals surface area (Å²) in [6.07, 6.45) is 3.31. The number of likely N-dealkylation sites (N-methyl/N-ethyl adjacent to an activating group) is 1. The molecular formula is C21H28N4O4. The lowest BCUT2D eigenvalue weighted by molar-refractivity contribution is -0.155. The van der Waals surface area contributed by atoms with Crippen LogP contribution in [0.4, 0.5) is 5.69 Å². The molecule has 2 amide bonds. The number of nitrogens with zero attached hydrogens (tertiary/aromatic N) is 2. The lowest BCUT2D eigenvalue weighted by Crippen LogP contribution is -2.68. The zero-order chi connectivity index (χ0) is 20.0. The van der Waals surface area contributed by atoms with Gasteiger partial charge in [0.2, 0.25) is 11.8 Å². The molecular weight excluding hydrogens is 372 g/mol. The third kappa shape index (κ3) is 3.24. The maximum Gasteiger partial charge on any atom is 0.241 e. The first kappa shape index (κ1) is 18.7. The van der Waals surface area contributed by atoms with Crippen molar-refractivity contribution in [3.63, 3.8) is 0 Å². The number of anilines is 1. The maximum atomic E-state index is 13.0. The molecule has 156 valence electrons. The lowest BCUT2D eigenvalue weighted by Gasteiger charge is -2.51. The summed E-state index contributed by atoms with van der Waals surface area (Å²) in [5.74, 6) is 1.48. The molecule has 1 saturated carbocycles. The van der Waals surface area contributed by atoms with Crippen LogP contribution in [0, 0.1) is 5.92 Å². The number of piperazine rings is 1. The predicted octanol–water partition coefficient (Wildman–Crippen LogP) is 1.37. The molecule has 1 aromatic carbocycles. The smallest absolute Gasteiger partial charge is 0.241 e. The summed E-state index contributed by atoms with van der Waals surface area (Å²) in [5.41, 5.74) is 4.12. The van der Waals surface area contributed by atoms with Gasteiger partial charge in [0, 0.05) is 42.8 Å². The van der Waals surface area contributed by atoms with Crippen molar-refractivity contribution >= 4 is 17.5 Å². The van der Waals surface area contributed by atoms with Gasteiger partial charge in [-0.1, -0.05) is 0 Å². The van der Waals surface area contributed by atoms with Gasteiger partial charge >= 0.3 is 0 Å². The molecule has 3 fully saturated rings. The number of carbonyl (C=O) groups is 2. The molecule has 3 heterocycles. The van der Waals surface area contributed by atoms with Gasteiger partial charge in [-0.15, -0.1) is 0 Å². The number of ether oxygens (including phenoxy) is 2. The van der Waals surface area contributed by atoms with E-state index in [2.05, 4.69) is 15.8 Å². The van der Waals surface area contributed by atoms with Gasteiger partial charge < -0.3 is 19.7 Å². The largest absolute Gasteiger partial charge is 0.486 e. The second-order valence-corrected chi connectivity index (χ2v) is 8.24. The van der Waals surface area contributed by atoms with Crippen LogP contribution >= 0.6 is 0 Å². The number of amides is 2. The Balaban J connectivity index is 1.29. The van der Waals surface area contributed by atoms with Gasteiger partial charge in [0.25, 0.3) is 0 Å². The number of hydrazine groups is 1. The van der Waals surface area contributed by atoms with Crippen LogP contribution in [-0.2, 0) is 9.59 Å². The molecule has 4 atom stereocenters. The second kappa shape index (κ2) is 7.50. The molecule has 8 nitrogen and oxygen atoms in total. The molecule has 0 spiro atoms. The fourth-order valence-electron chi connectivity index (χ4n) is 5.31. The SMILES string of the molecule is CCN1C(=O)C2CCNN2C2CCC(C(=O)Nc3ccc4c(c3)OCCO4)CC21. The van der Waals surface area contributed by atoms with Crippen molar-refractivity contribution in [2.24, 2.45) is 5.92 Å². The fourth-order valence-corrected chi connectivity index (χ4v) is 5.31. The topological polar surface area (TPSA) is 83.1 Å². The number of carbonyl (C=O) groups excluding carboxylic acids is 2. The van der Waals surface area contributed by atoms with E-state index in [4.69, 9.17) is 9.47 Å². The van der Waals surface area contributed by atoms with Crippen molar-refractivity contribution < 1.29 is 19.1 Å². The number of rotatable bonds is 3. The van der Waals surface area contributed by atoms with E-state index < -0.39 is 0 Å². The van der Waals surface area contributed by atoms with Gasteiger partial charge in [0.05, 0.1) is 0 Å². The summed E-state index contributed by atoms with van der Waals surface area (Å²) >= 11 is 0. The highest BCUT2D eigenvalue weighted by molar-refractivity contribution is 5.93. The van der Waals surface area contributed by atoms with E-state index in [-0.39, 0.29) is 29.8 Å². The van der Waals surface area contributed by atoms with Gasteiger partial charge in [-0.25, -0.2) is 5.01 Å². The highest BCUT2D eigenvalue weighted by atomic mass is 16.6. The number of nitrogens with one attached hydrogen (secondary N) is 2. The van der Waals surface area contributed by atoms with Gasteiger partial charge in [-0.2, -0.15) is 0 Å². The predicted molar refractivity (Wildman–Crippen MR) is 107 cm³/mol. The standard InChI is InChI=1S/C21H28N4O4/c1-2-24-17-11-13(3-5-15(17)25-16(21(24)27)7-8-22-25)20(26)23-14-4-6-18-19(12-14)29-10-9-28-18/h4,6,12-13,15-17,22H,2-3,5,7-11H2,1H3,(H,23,26).